The van der Waals surface area contributed by atoms with Gasteiger partial charge >= 0.3 is 0 Å². The van der Waals surface area contributed by atoms with Gasteiger partial charge in [0.25, 0.3) is 0 Å². The van der Waals surface area contributed by atoms with Crippen LogP contribution in [0.25, 0.3) is 0 Å². The number of halogens is 1. The molecule has 5 heteroatoms. The lowest BCUT2D eigenvalue weighted by molar-refractivity contribution is -0.121. The van der Waals surface area contributed by atoms with E-state index in [9.17, 15) is 4.79 Å². The van der Waals surface area contributed by atoms with Gasteiger partial charge in [-0.1, -0.05) is 11.6 Å². The number of nitrogens with one attached hydrogen (secondary N) is 1. The molecule has 0 aromatic heterocycles. The van der Waals surface area contributed by atoms with E-state index in [2.05, 4.69) is 24.1 Å². The molecule has 1 aromatic carbocycles. The zero-order valence-electron chi connectivity index (χ0n) is 13.3. The van der Waals surface area contributed by atoms with Crippen LogP contribution in [0.1, 0.15) is 26.7 Å². The average Bonchev–Trinajstić information content (AvgIpc) is 2.96. The van der Waals surface area contributed by atoms with Crippen LogP contribution < -0.4 is 10.1 Å². The summed E-state index contributed by atoms with van der Waals surface area (Å²) in [5, 5.41) is 3.69. The van der Waals surface area contributed by atoms with Gasteiger partial charge in [0.2, 0.25) is 5.91 Å². The minimum atomic E-state index is 0.0527. The molecule has 0 spiro atoms. The Kier molecular flexibility index (Phi) is 6.52. The molecule has 1 heterocycles. The van der Waals surface area contributed by atoms with Crippen molar-refractivity contribution in [2.75, 3.05) is 26.2 Å². The number of amides is 1. The summed E-state index contributed by atoms with van der Waals surface area (Å²) >= 11 is 5.81. The predicted octanol–water partition coefficient (Wildman–Crippen LogP) is 2.96. The Bertz CT molecular complexity index is 476. The second-order valence-electron chi connectivity index (χ2n) is 6.10. The van der Waals surface area contributed by atoms with Gasteiger partial charge in [-0.05, 0) is 57.0 Å². The number of carbonyl (C=O) groups is 1. The molecule has 1 aliphatic rings. The van der Waals surface area contributed by atoms with Gasteiger partial charge in [-0.15, -0.1) is 0 Å². The second-order valence-corrected chi connectivity index (χ2v) is 6.54. The molecule has 1 saturated heterocycles. The monoisotopic (exact) mass is 324 g/mol. The molecule has 2 rings (SSSR count). The molecule has 1 atom stereocenters. The lowest BCUT2D eigenvalue weighted by Gasteiger charge is -2.20. The Balaban J connectivity index is 1.59. The van der Waals surface area contributed by atoms with Gasteiger partial charge < -0.3 is 15.0 Å². The number of likely N-dealkylation sites (tertiary alicyclic amines) is 1. The van der Waals surface area contributed by atoms with Crippen molar-refractivity contribution in [3.05, 3.63) is 29.3 Å². The molecule has 0 unspecified atom stereocenters. The van der Waals surface area contributed by atoms with Gasteiger partial charge in [-0.25, -0.2) is 0 Å². The van der Waals surface area contributed by atoms with Gasteiger partial charge in [0.1, 0.15) is 5.75 Å². The standard InChI is InChI=1S/C17H25ClN2O2/c1-13(2)20-9-7-14(12-20)11-19-17(21)8-10-22-16-5-3-15(18)4-6-16/h3-6,13-14H,7-12H2,1-2H3,(H,19,21)/t14-/m0/s1. The van der Waals surface area contributed by atoms with Gasteiger partial charge in [-0.3, -0.25) is 4.79 Å². The molecule has 22 heavy (non-hydrogen) atoms. The first-order valence-electron chi connectivity index (χ1n) is 7.93. The molecule has 1 aliphatic heterocycles. The van der Waals surface area contributed by atoms with Crippen molar-refractivity contribution in [2.45, 2.75) is 32.7 Å². The zero-order valence-corrected chi connectivity index (χ0v) is 14.1. The zero-order chi connectivity index (χ0) is 15.9. The molecule has 122 valence electrons. The Hall–Kier alpha value is -1.26. The lowest BCUT2D eigenvalue weighted by atomic mass is 10.1. The third-order valence-corrected chi connectivity index (χ3v) is 4.30. The number of ether oxygens (including phenoxy) is 1. The normalized spacial score (nSPS) is 18.6. The summed E-state index contributed by atoms with van der Waals surface area (Å²) in [4.78, 5) is 14.3. The van der Waals surface area contributed by atoms with Crippen molar-refractivity contribution in [1.82, 2.24) is 10.2 Å². The van der Waals surface area contributed by atoms with E-state index in [1.807, 2.05) is 0 Å². The molecular weight excluding hydrogens is 300 g/mol. The Labute approximate surface area is 137 Å². The summed E-state index contributed by atoms with van der Waals surface area (Å²) in [6, 6.07) is 7.75. The number of hydrogen-bond donors (Lipinski definition) is 1. The van der Waals surface area contributed by atoms with Crippen LogP contribution in [0, 0.1) is 5.92 Å². The maximum absolute atomic E-state index is 11.8. The summed E-state index contributed by atoms with van der Waals surface area (Å²) in [5.41, 5.74) is 0. The number of carbonyl (C=O) groups excluding carboxylic acids is 1. The van der Waals surface area contributed by atoms with E-state index in [1.54, 1.807) is 24.3 Å². The Morgan fingerprint density at radius 3 is 2.77 bits per heavy atom. The van der Waals surface area contributed by atoms with E-state index in [1.165, 1.54) is 6.42 Å². The highest BCUT2D eigenvalue weighted by Crippen LogP contribution is 2.18. The summed E-state index contributed by atoms with van der Waals surface area (Å²) in [5.74, 6) is 1.36. The SMILES string of the molecule is CC(C)N1CC[C@@H](CNC(=O)CCOc2ccc(Cl)cc2)C1. The molecule has 0 saturated carbocycles. The Morgan fingerprint density at radius 2 is 2.14 bits per heavy atom. The average molecular weight is 325 g/mol. The first-order chi connectivity index (χ1) is 10.5. The minimum Gasteiger partial charge on any atom is -0.493 e. The van der Waals surface area contributed by atoms with E-state index in [0.717, 1.165) is 25.4 Å². The maximum Gasteiger partial charge on any atom is 0.223 e. The molecule has 0 bridgehead atoms. The Morgan fingerprint density at radius 1 is 1.41 bits per heavy atom. The van der Waals surface area contributed by atoms with Crippen molar-refractivity contribution in [3.8, 4) is 5.75 Å². The van der Waals surface area contributed by atoms with Gasteiger partial charge in [-0.2, -0.15) is 0 Å². The van der Waals surface area contributed by atoms with E-state index >= 15 is 0 Å². The maximum atomic E-state index is 11.8. The highest BCUT2D eigenvalue weighted by molar-refractivity contribution is 6.30. The topological polar surface area (TPSA) is 41.6 Å². The van der Waals surface area contributed by atoms with E-state index in [0.29, 0.717) is 30.0 Å². The summed E-state index contributed by atoms with van der Waals surface area (Å²) in [6.45, 7) is 7.81. The molecule has 4 nitrogen and oxygen atoms in total. The minimum absolute atomic E-state index is 0.0527. The third kappa shape index (κ3) is 5.50. The van der Waals surface area contributed by atoms with E-state index in [-0.39, 0.29) is 5.91 Å². The fraction of sp³-hybridized carbons (Fsp3) is 0.588. The van der Waals surface area contributed by atoms with Gasteiger partial charge in [0.15, 0.2) is 0 Å². The van der Waals surface area contributed by atoms with E-state index < -0.39 is 0 Å². The van der Waals surface area contributed by atoms with Crippen LogP contribution in [-0.4, -0.2) is 43.1 Å². The largest absolute Gasteiger partial charge is 0.493 e. The number of hydrogen-bond acceptors (Lipinski definition) is 3. The summed E-state index contributed by atoms with van der Waals surface area (Å²) in [6.07, 6.45) is 1.54. The summed E-state index contributed by atoms with van der Waals surface area (Å²) < 4.78 is 5.52. The first kappa shape index (κ1) is 17.1. The number of rotatable bonds is 7. The molecule has 0 aliphatic carbocycles. The number of nitrogens with zero attached hydrogens (tertiary/aromatic N) is 1. The summed E-state index contributed by atoms with van der Waals surface area (Å²) in [7, 11) is 0. The van der Waals surface area contributed by atoms with E-state index in [4.69, 9.17) is 16.3 Å². The molecule has 1 fully saturated rings. The van der Waals surface area contributed by atoms with Gasteiger partial charge in [0, 0.05) is 24.2 Å². The van der Waals surface area contributed by atoms with Crippen LogP contribution in [0.2, 0.25) is 5.02 Å². The molecule has 1 aromatic rings. The van der Waals surface area contributed by atoms with Crippen LogP contribution in [0.4, 0.5) is 0 Å². The van der Waals surface area contributed by atoms with Crippen LogP contribution in [0.15, 0.2) is 24.3 Å². The van der Waals surface area contributed by atoms with Crippen molar-refractivity contribution in [3.63, 3.8) is 0 Å². The molecular formula is C17H25ClN2O2. The number of benzene rings is 1. The van der Waals surface area contributed by atoms with Crippen LogP contribution >= 0.6 is 11.6 Å². The predicted molar refractivity (Wildman–Crippen MR) is 89.4 cm³/mol. The van der Waals surface area contributed by atoms with Crippen LogP contribution in [-0.2, 0) is 4.79 Å². The third-order valence-electron chi connectivity index (χ3n) is 4.05. The van der Waals surface area contributed by atoms with Crippen molar-refractivity contribution in [2.24, 2.45) is 5.92 Å². The first-order valence-corrected chi connectivity index (χ1v) is 8.31. The molecule has 1 amide bonds. The van der Waals surface area contributed by atoms with Crippen molar-refractivity contribution in [1.29, 1.82) is 0 Å². The lowest BCUT2D eigenvalue weighted by Crippen LogP contribution is -2.33. The second kappa shape index (κ2) is 8.39. The van der Waals surface area contributed by atoms with Crippen molar-refractivity contribution >= 4 is 17.5 Å². The van der Waals surface area contributed by atoms with Crippen molar-refractivity contribution < 1.29 is 9.53 Å². The van der Waals surface area contributed by atoms with Crippen LogP contribution in [0.5, 0.6) is 5.75 Å². The smallest absolute Gasteiger partial charge is 0.223 e. The fourth-order valence-electron chi connectivity index (χ4n) is 2.64. The molecule has 0 radical (unpaired) electrons. The fourth-order valence-corrected chi connectivity index (χ4v) is 2.76. The highest BCUT2D eigenvalue weighted by Gasteiger charge is 2.24. The molecule has 1 N–H and O–H groups in total. The van der Waals surface area contributed by atoms with Crippen LogP contribution in [0.3, 0.4) is 0 Å². The van der Waals surface area contributed by atoms with Gasteiger partial charge in [0.05, 0.1) is 13.0 Å². The highest BCUT2D eigenvalue weighted by atomic mass is 35.5. The quantitative estimate of drug-likeness (QED) is 0.838.